The molecule has 2 atom stereocenters. The molecule has 5 nitrogen and oxygen atoms in total. The van der Waals surface area contributed by atoms with Crippen molar-refractivity contribution in [1.82, 2.24) is 4.90 Å². The van der Waals surface area contributed by atoms with Crippen LogP contribution in [0.3, 0.4) is 0 Å². The molecule has 2 fully saturated rings. The molecule has 0 aromatic carbocycles. The smallest absolute Gasteiger partial charge is 0.305 e. The highest BCUT2D eigenvalue weighted by Crippen LogP contribution is 2.35. The second-order valence-electron chi connectivity index (χ2n) is 4.54. The number of carboxylic acid groups (broad SMARTS) is 1. The van der Waals surface area contributed by atoms with Crippen LogP contribution in [0.25, 0.3) is 0 Å². The van der Waals surface area contributed by atoms with E-state index in [-0.39, 0.29) is 18.1 Å². The van der Waals surface area contributed by atoms with E-state index < -0.39 is 5.97 Å². The van der Waals surface area contributed by atoms with E-state index in [0.717, 1.165) is 19.5 Å². The molecule has 0 bridgehead atoms. The number of aliphatic carboxylic acids is 1. The van der Waals surface area contributed by atoms with Crippen molar-refractivity contribution in [3.8, 4) is 0 Å². The molecular formula is C11H19NO4. The van der Waals surface area contributed by atoms with Gasteiger partial charge in [-0.1, -0.05) is 0 Å². The number of hydrogen-bond donors (Lipinski definition) is 1. The first kappa shape index (κ1) is 11.8. The van der Waals surface area contributed by atoms with E-state index in [1.807, 2.05) is 6.92 Å². The SMILES string of the molecule is CC1OCCC1(CC(=O)O)N1CCOCC1. The van der Waals surface area contributed by atoms with Gasteiger partial charge in [-0.2, -0.15) is 0 Å². The average Bonchev–Trinajstić information content (AvgIpc) is 2.62. The highest BCUT2D eigenvalue weighted by Gasteiger charge is 2.48. The van der Waals surface area contributed by atoms with Crippen molar-refractivity contribution in [1.29, 1.82) is 0 Å². The Morgan fingerprint density at radius 2 is 2.12 bits per heavy atom. The van der Waals surface area contributed by atoms with E-state index >= 15 is 0 Å². The highest BCUT2D eigenvalue weighted by atomic mass is 16.5. The van der Waals surface area contributed by atoms with Gasteiger partial charge in [-0.3, -0.25) is 9.69 Å². The van der Waals surface area contributed by atoms with Crippen molar-refractivity contribution in [3.05, 3.63) is 0 Å². The normalized spacial score (nSPS) is 36.4. The lowest BCUT2D eigenvalue weighted by Crippen LogP contribution is -2.58. The van der Waals surface area contributed by atoms with Gasteiger partial charge >= 0.3 is 5.97 Å². The van der Waals surface area contributed by atoms with Crippen LogP contribution in [-0.2, 0) is 14.3 Å². The van der Waals surface area contributed by atoms with Gasteiger partial charge in [0.15, 0.2) is 0 Å². The number of nitrogens with zero attached hydrogens (tertiary/aromatic N) is 1. The molecule has 2 aliphatic heterocycles. The van der Waals surface area contributed by atoms with Crippen LogP contribution >= 0.6 is 0 Å². The monoisotopic (exact) mass is 229 g/mol. The first-order valence-corrected chi connectivity index (χ1v) is 5.81. The molecule has 0 aromatic rings. The standard InChI is InChI=1S/C11H19NO4/c1-9-11(2-5-16-9,8-10(13)14)12-3-6-15-7-4-12/h9H,2-8H2,1H3,(H,13,14). The van der Waals surface area contributed by atoms with Crippen molar-refractivity contribution in [2.75, 3.05) is 32.9 Å². The summed E-state index contributed by atoms with van der Waals surface area (Å²) in [7, 11) is 0. The van der Waals surface area contributed by atoms with Crippen molar-refractivity contribution < 1.29 is 19.4 Å². The molecule has 0 amide bonds. The maximum Gasteiger partial charge on any atom is 0.305 e. The summed E-state index contributed by atoms with van der Waals surface area (Å²) >= 11 is 0. The average molecular weight is 229 g/mol. The molecule has 2 unspecified atom stereocenters. The van der Waals surface area contributed by atoms with Gasteiger partial charge in [0.2, 0.25) is 0 Å². The lowest BCUT2D eigenvalue weighted by atomic mass is 9.86. The van der Waals surface area contributed by atoms with Gasteiger partial charge in [-0.25, -0.2) is 0 Å². The second-order valence-corrected chi connectivity index (χ2v) is 4.54. The van der Waals surface area contributed by atoms with E-state index in [1.54, 1.807) is 0 Å². The predicted octanol–water partition coefficient (Wildman–Crippen LogP) is 0.341. The largest absolute Gasteiger partial charge is 0.481 e. The van der Waals surface area contributed by atoms with E-state index in [4.69, 9.17) is 14.6 Å². The second kappa shape index (κ2) is 4.69. The Morgan fingerprint density at radius 3 is 2.62 bits per heavy atom. The van der Waals surface area contributed by atoms with Crippen molar-refractivity contribution in [3.63, 3.8) is 0 Å². The molecule has 2 saturated heterocycles. The van der Waals surface area contributed by atoms with Crippen LogP contribution in [0.4, 0.5) is 0 Å². The number of carbonyl (C=O) groups is 1. The summed E-state index contributed by atoms with van der Waals surface area (Å²) in [5, 5.41) is 9.07. The molecule has 1 N–H and O–H groups in total. The number of morpholine rings is 1. The Labute approximate surface area is 95.3 Å². The minimum absolute atomic E-state index is 0.0123. The van der Waals surface area contributed by atoms with Crippen LogP contribution in [0.15, 0.2) is 0 Å². The summed E-state index contributed by atoms with van der Waals surface area (Å²) in [5.74, 6) is -0.746. The molecule has 2 rings (SSSR count). The fraction of sp³-hybridized carbons (Fsp3) is 0.909. The van der Waals surface area contributed by atoms with Crippen LogP contribution in [-0.4, -0.2) is 60.5 Å². The molecule has 0 saturated carbocycles. The maximum absolute atomic E-state index is 11.0. The highest BCUT2D eigenvalue weighted by molar-refractivity contribution is 5.68. The molecule has 0 radical (unpaired) electrons. The molecule has 0 aromatic heterocycles. The summed E-state index contributed by atoms with van der Waals surface area (Å²) in [6.45, 7) is 5.63. The summed E-state index contributed by atoms with van der Waals surface area (Å²) in [4.78, 5) is 13.3. The quantitative estimate of drug-likeness (QED) is 0.756. The third-order valence-corrected chi connectivity index (χ3v) is 3.76. The van der Waals surface area contributed by atoms with E-state index in [0.29, 0.717) is 19.8 Å². The van der Waals surface area contributed by atoms with Gasteiger partial charge in [-0.05, 0) is 13.3 Å². The zero-order chi connectivity index (χ0) is 11.6. The van der Waals surface area contributed by atoms with Gasteiger partial charge in [0.25, 0.3) is 0 Å². The van der Waals surface area contributed by atoms with Gasteiger partial charge in [0.05, 0.1) is 31.3 Å². The zero-order valence-electron chi connectivity index (χ0n) is 9.65. The van der Waals surface area contributed by atoms with Gasteiger partial charge in [0.1, 0.15) is 0 Å². The molecular weight excluding hydrogens is 210 g/mol. The minimum Gasteiger partial charge on any atom is -0.481 e. The Bertz CT molecular complexity index is 265. The number of rotatable bonds is 3. The zero-order valence-corrected chi connectivity index (χ0v) is 9.65. The van der Waals surface area contributed by atoms with Crippen LogP contribution in [0.1, 0.15) is 19.8 Å². The molecule has 92 valence electrons. The van der Waals surface area contributed by atoms with E-state index in [9.17, 15) is 4.79 Å². The van der Waals surface area contributed by atoms with Crippen molar-refractivity contribution >= 4 is 5.97 Å². The van der Waals surface area contributed by atoms with E-state index in [1.165, 1.54) is 0 Å². The number of carboxylic acids is 1. The predicted molar refractivity (Wildman–Crippen MR) is 57.4 cm³/mol. The molecule has 2 aliphatic rings. The summed E-state index contributed by atoms with van der Waals surface area (Å²) in [6.07, 6.45) is 0.955. The fourth-order valence-corrected chi connectivity index (χ4v) is 2.80. The Morgan fingerprint density at radius 1 is 1.44 bits per heavy atom. The summed E-state index contributed by atoms with van der Waals surface area (Å²) < 4.78 is 10.9. The molecule has 2 heterocycles. The first-order valence-electron chi connectivity index (χ1n) is 5.81. The van der Waals surface area contributed by atoms with Gasteiger partial charge in [-0.15, -0.1) is 0 Å². The van der Waals surface area contributed by atoms with Gasteiger partial charge < -0.3 is 14.6 Å². The summed E-state index contributed by atoms with van der Waals surface area (Å²) in [5.41, 5.74) is -0.324. The van der Waals surface area contributed by atoms with Crippen LogP contribution in [0.5, 0.6) is 0 Å². The lowest BCUT2D eigenvalue weighted by molar-refractivity contribution is -0.143. The third-order valence-electron chi connectivity index (χ3n) is 3.76. The molecule has 0 aliphatic carbocycles. The van der Waals surface area contributed by atoms with Crippen molar-refractivity contribution in [2.24, 2.45) is 0 Å². The molecule has 0 spiro atoms. The molecule has 5 heteroatoms. The minimum atomic E-state index is -0.746. The Balaban J connectivity index is 2.15. The van der Waals surface area contributed by atoms with Gasteiger partial charge in [0, 0.05) is 19.7 Å². The lowest BCUT2D eigenvalue weighted by Gasteiger charge is -2.44. The van der Waals surface area contributed by atoms with Crippen molar-refractivity contribution in [2.45, 2.75) is 31.4 Å². The van der Waals surface area contributed by atoms with E-state index in [2.05, 4.69) is 4.90 Å². The number of ether oxygens (including phenoxy) is 2. The fourth-order valence-electron chi connectivity index (χ4n) is 2.80. The third kappa shape index (κ3) is 2.07. The molecule has 16 heavy (non-hydrogen) atoms. The first-order chi connectivity index (χ1) is 7.65. The Hall–Kier alpha value is -0.650. The number of hydrogen-bond acceptors (Lipinski definition) is 4. The Kier molecular flexibility index (Phi) is 3.47. The van der Waals surface area contributed by atoms with Crippen LogP contribution in [0.2, 0.25) is 0 Å². The topological polar surface area (TPSA) is 59.0 Å². The summed E-state index contributed by atoms with van der Waals surface area (Å²) in [6, 6.07) is 0. The maximum atomic E-state index is 11.0. The van der Waals surface area contributed by atoms with Crippen LogP contribution in [0, 0.1) is 0 Å². The van der Waals surface area contributed by atoms with Crippen LogP contribution < -0.4 is 0 Å².